The predicted octanol–water partition coefficient (Wildman–Crippen LogP) is 3.14. The van der Waals surface area contributed by atoms with Crippen LogP contribution in [0.4, 0.5) is 4.39 Å². The van der Waals surface area contributed by atoms with E-state index >= 15 is 0 Å². The summed E-state index contributed by atoms with van der Waals surface area (Å²) in [5, 5.41) is 12.4. The highest BCUT2D eigenvalue weighted by Crippen LogP contribution is 2.34. The molecule has 2 aromatic carbocycles. The summed E-state index contributed by atoms with van der Waals surface area (Å²) in [7, 11) is 0. The highest BCUT2D eigenvalue weighted by Gasteiger charge is 2.38. The van der Waals surface area contributed by atoms with Crippen LogP contribution in [0.1, 0.15) is 18.1 Å². The van der Waals surface area contributed by atoms with E-state index in [-0.39, 0.29) is 22.7 Å². The Balaban J connectivity index is 1.68. The van der Waals surface area contributed by atoms with Gasteiger partial charge in [-0.15, -0.1) is 0 Å². The summed E-state index contributed by atoms with van der Waals surface area (Å²) >= 11 is 6.41. The van der Waals surface area contributed by atoms with E-state index in [1.54, 1.807) is 25.1 Å². The van der Waals surface area contributed by atoms with Gasteiger partial charge in [0.2, 0.25) is 5.91 Å². The van der Waals surface area contributed by atoms with Gasteiger partial charge in [-0.2, -0.15) is 0 Å². The number of nitrogens with one attached hydrogen (secondary N) is 1. The van der Waals surface area contributed by atoms with Gasteiger partial charge in [0.1, 0.15) is 16.2 Å². The monoisotopic (exact) mass is 444 g/mol. The smallest absolute Gasteiger partial charge is 0.266 e. The first kappa shape index (κ1) is 22.1. The second-order valence-electron chi connectivity index (χ2n) is 6.86. The molecule has 0 saturated carbocycles. The molecule has 1 aliphatic heterocycles. The van der Waals surface area contributed by atoms with Crippen LogP contribution in [-0.2, 0) is 16.0 Å². The first-order valence-corrected chi connectivity index (χ1v) is 10.6. The number of benzene rings is 2. The summed E-state index contributed by atoms with van der Waals surface area (Å²) < 4.78 is 13.4. The van der Waals surface area contributed by atoms with Crippen molar-refractivity contribution >= 4 is 46.2 Å². The Morgan fingerprint density at radius 1 is 1.23 bits per heavy atom. The number of thioether (sulfide) groups is 1. The Bertz CT molecular complexity index is 964. The molecule has 0 radical (unpaired) electrons. The van der Waals surface area contributed by atoms with Gasteiger partial charge >= 0.3 is 0 Å². The van der Waals surface area contributed by atoms with E-state index in [1.165, 1.54) is 17.0 Å². The van der Waals surface area contributed by atoms with Crippen molar-refractivity contribution < 1.29 is 19.1 Å². The molecule has 2 unspecified atom stereocenters. The molecule has 2 N–H and O–H groups in total. The lowest BCUT2D eigenvalue weighted by molar-refractivity contribution is -0.132. The van der Waals surface area contributed by atoms with E-state index in [1.807, 2.05) is 30.3 Å². The van der Waals surface area contributed by atoms with Crippen molar-refractivity contribution in [1.29, 1.82) is 0 Å². The second-order valence-corrected chi connectivity index (χ2v) is 8.53. The summed E-state index contributed by atoms with van der Waals surface area (Å²) in [6.45, 7) is 1.37. The summed E-state index contributed by atoms with van der Waals surface area (Å²) in [5.74, 6) is -1.14. The number of hydrogen-bond acceptors (Lipinski definition) is 5. The lowest BCUT2D eigenvalue weighted by Crippen LogP contribution is -2.51. The summed E-state index contributed by atoms with van der Waals surface area (Å²) in [6, 6.07) is 13.9. The van der Waals surface area contributed by atoms with Crippen LogP contribution < -0.4 is 5.32 Å². The van der Waals surface area contributed by atoms with Gasteiger partial charge in [0, 0.05) is 0 Å². The molecule has 156 valence electrons. The Labute approximate surface area is 184 Å². The van der Waals surface area contributed by atoms with Crippen LogP contribution in [-0.4, -0.2) is 44.8 Å². The molecule has 2 aromatic rings. The third kappa shape index (κ3) is 5.33. The number of aliphatic hydroxyl groups is 1. The molecule has 0 bridgehead atoms. The predicted molar refractivity (Wildman–Crippen MR) is 120 cm³/mol. The van der Waals surface area contributed by atoms with E-state index in [9.17, 15) is 19.1 Å². The molecular formula is C22H21FN2O3S2. The van der Waals surface area contributed by atoms with Crippen LogP contribution in [0.25, 0.3) is 6.08 Å². The third-order valence-corrected chi connectivity index (χ3v) is 5.98. The molecule has 1 fully saturated rings. The highest BCUT2D eigenvalue weighted by atomic mass is 32.2. The second kappa shape index (κ2) is 9.97. The number of carbonyl (C=O) groups is 2. The van der Waals surface area contributed by atoms with E-state index in [0.29, 0.717) is 16.9 Å². The summed E-state index contributed by atoms with van der Waals surface area (Å²) in [6.07, 6.45) is 2.09. The average molecular weight is 445 g/mol. The summed E-state index contributed by atoms with van der Waals surface area (Å²) in [5.41, 5.74) is 1.65. The number of aliphatic hydroxyl groups excluding tert-OH is 1. The fourth-order valence-corrected chi connectivity index (χ4v) is 4.44. The number of amides is 2. The standard InChI is InChI=1S/C22H21FN2O3S2/c1-14(20(27)24-18(13-26)11-15-5-3-2-4-6-15)25-21(28)19(30-22(25)29)12-16-7-9-17(23)10-8-16/h2-10,12,14,18,26H,11,13H2,1H3,(H,24,27). The van der Waals surface area contributed by atoms with Gasteiger partial charge in [-0.3, -0.25) is 14.5 Å². The minimum absolute atomic E-state index is 0.226. The fraction of sp³-hybridized carbons (Fsp3) is 0.227. The van der Waals surface area contributed by atoms with Crippen LogP contribution in [0.15, 0.2) is 59.5 Å². The molecule has 1 aliphatic rings. The molecule has 3 rings (SSSR count). The normalized spacial score (nSPS) is 17.3. The first-order chi connectivity index (χ1) is 14.4. The van der Waals surface area contributed by atoms with Crippen LogP contribution in [0.3, 0.4) is 0 Å². The molecule has 0 aromatic heterocycles. The summed E-state index contributed by atoms with van der Waals surface area (Å²) in [4.78, 5) is 27.2. The van der Waals surface area contributed by atoms with Crippen molar-refractivity contribution in [1.82, 2.24) is 10.2 Å². The minimum Gasteiger partial charge on any atom is -0.394 e. The molecule has 2 amide bonds. The van der Waals surface area contributed by atoms with Gasteiger partial charge in [-0.05, 0) is 42.7 Å². The van der Waals surface area contributed by atoms with Crippen molar-refractivity contribution in [3.8, 4) is 0 Å². The quantitative estimate of drug-likeness (QED) is 0.507. The van der Waals surface area contributed by atoms with Gasteiger partial charge in [0.25, 0.3) is 5.91 Å². The number of hydrogen-bond donors (Lipinski definition) is 2. The number of rotatable bonds is 7. The minimum atomic E-state index is -0.832. The van der Waals surface area contributed by atoms with Gasteiger partial charge < -0.3 is 10.4 Å². The van der Waals surface area contributed by atoms with Crippen LogP contribution in [0.5, 0.6) is 0 Å². The molecule has 2 atom stereocenters. The van der Waals surface area contributed by atoms with Crippen LogP contribution in [0, 0.1) is 5.82 Å². The molecule has 1 heterocycles. The van der Waals surface area contributed by atoms with Gasteiger partial charge in [0.15, 0.2) is 0 Å². The number of carbonyl (C=O) groups excluding carboxylic acids is 2. The van der Waals surface area contributed by atoms with Crippen molar-refractivity contribution in [2.45, 2.75) is 25.4 Å². The molecule has 30 heavy (non-hydrogen) atoms. The number of halogens is 1. The number of nitrogens with zero attached hydrogens (tertiary/aromatic N) is 1. The van der Waals surface area contributed by atoms with E-state index in [0.717, 1.165) is 17.3 Å². The van der Waals surface area contributed by atoms with Gasteiger partial charge in [-0.1, -0.05) is 66.4 Å². The van der Waals surface area contributed by atoms with Crippen molar-refractivity contribution in [3.63, 3.8) is 0 Å². The highest BCUT2D eigenvalue weighted by molar-refractivity contribution is 8.26. The Morgan fingerprint density at radius 3 is 2.53 bits per heavy atom. The maximum atomic E-state index is 13.1. The van der Waals surface area contributed by atoms with Gasteiger partial charge in [0.05, 0.1) is 17.6 Å². The molecule has 8 heteroatoms. The molecule has 0 aliphatic carbocycles. The number of thiocarbonyl (C=S) groups is 1. The Morgan fingerprint density at radius 2 is 1.90 bits per heavy atom. The van der Waals surface area contributed by atoms with E-state index in [4.69, 9.17) is 12.2 Å². The lowest BCUT2D eigenvalue weighted by Gasteiger charge is -2.25. The van der Waals surface area contributed by atoms with Gasteiger partial charge in [-0.25, -0.2) is 4.39 Å². The maximum absolute atomic E-state index is 13.1. The molecular weight excluding hydrogens is 423 g/mol. The fourth-order valence-electron chi connectivity index (χ4n) is 3.02. The largest absolute Gasteiger partial charge is 0.394 e. The van der Waals surface area contributed by atoms with Crippen molar-refractivity contribution in [2.24, 2.45) is 0 Å². The molecule has 0 spiro atoms. The topological polar surface area (TPSA) is 69.6 Å². The van der Waals surface area contributed by atoms with Crippen LogP contribution in [0.2, 0.25) is 0 Å². The first-order valence-electron chi connectivity index (χ1n) is 9.37. The van der Waals surface area contributed by atoms with E-state index in [2.05, 4.69) is 5.32 Å². The molecule has 1 saturated heterocycles. The lowest BCUT2D eigenvalue weighted by atomic mass is 10.1. The third-order valence-electron chi connectivity index (χ3n) is 4.65. The van der Waals surface area contributed by atoms with Crippen molar-refractivity contribution in [3.05, 3.63) is 76.4 Å². The maximum Gasteiger partial charge on any atom is 0.266 e. The zero-order valence-corrected chi connectivity index (χ0v) is 17.9. The zero-order chi connectivity index (χ0) is 21.7. The molecule has 5 nitrogen and oxygen atoms in total. The van der Waals surface area contributed by atoms with Crippen molar-refractivity contribution in [2.75, 3.05) is 6.61 Å². The van der Waals surface area contributed by atoms with Crippen LogP contribution >= 0.6 is 24.0 Å². The Kier molecular flexibility index (Phi) is 7.36. The average Bonchev–Trinajstić information content (AvgIpc) is 3.02. The SMILES string of the molecule is CC(C(=O)NC(CO)Cc1ccccc1)N1C(=O)C(=Cc2ccc(F)cc2)SC1=S. The van der Waals surface area contributed by atoms with E-state index < -0.39 is 18.0 Å². The zero-order valence-electron chi connectivity index (χ0n) is 16.2. The Hall–Kier alpha value is -2.55.